The van der Waals surface area contributed by atoms with Crippen LogP contribution in [0.3, 0.4) is 0 Å². The minimum atomic E-state index is -0.773. The van der Waals surface area contributed by atoms with Crippen LogP contribution in [0.4, 0.5) is 0 Å². The summed E-state index contributed by atoms with van der Waals surface area (Å²) in [5, 5.41) is 14.1. The third-order valence-corrected chi connectivity index (χ3v) is 4.35. The van der Waals surface area contributed by atoms with Crippen molar-refractivity contribution in [2.45, 2.75) is 64.2 Å². The van der Waals surface area contributed by atoms with Gasteiger partial charge in [0.05, 0.1) is 26.4 Å². The first kappa shape index (κ1) is 30.0. The van der Waals surface area contributed by atoms with Gasteiger partial charge in [0.1, 0.15) is 6.29 Å². The highest BCUT2D eigenvalue weighted by Gasteiger charge is 2.02. The summed E-state index contributed by atoms with van der Waals surface area (Å²) in [6.07, 6.45) is 6.47. The Bertz CT molecular complexity index is 502. The number of ether oxygens (including phenoxy) is 3. The lowest BCUT2D eigenvalue weighted by molar-refractivity contribution is -0.137. The van der Waals surface area contributed by atoms with E-state index in [1.54, 1.807) is 0 Å². The number of carbonyl (C=O) groups is 4. The highest BCUT2D eigenvalue weighted by molar-refractivity contribution is 5.78. The van der Waals surface area contributed by atoms with Gasteiger partial charge in [0.2, 0.25) is 11.8 Å². The molecule has 0 aromatic rings. The fraction of sp³-hybridized carbons (Fsp3) is 0.818. The number of aliphatic carboxylic acids is 1. The Morgan fingerprint density at radius 3 is 1.59 bits per heavy atom. The van der Waals surface area contributed by atoms with Gasteiger partial charge in [-0.2, -0.15) is 0 Å². The summed E-state index contributed by atoms with van der Waals surface area (Å²) in [4.78, 5) is 43.5. The summed E-state index contributed by atoms with van der Waals surface area (Å²) in [5.74, 6) is -0.873. The van der Waals surface area contributed by atoms with Crippen molar-refractivity contribution in [1.82, 2.24) is 10.6 Å². The van der Waals surface area contributed by atoms with E-state index < -0.39 is 5.97 Å². The fourth-order valence-corrected chi connectivity index (χ4v) is 2.63. The molecule has 2 amide bonds. The molecule has 0 atom stereocenters. The van der Waals surface area contributed by atoms with Crippen molar-refractivity contribution in [3.8, 4) is 0 Å². The predicted octanol–water partition coefficient (Wildman–Crippen LogP) is 1.45. The molecule has 3 N–H and O–H groups in total. The SMILES string of the molecule is O=CCCC(=O)NCCCOCCOCCOCCCNC(=O)CCCCCCC(=O)O. The summed E-state index contributed by atoms with van der Waals surface area (Å²) >= 11 is 0. The molecule has 186 valence electrons. The number of rotatable bonds is 24. The van der Waals surface area contributed by atoms with Crippen LogP contribution in [0.15, 0.2) is 0 Å². The number of hydrogen-bond donors (Lipinski definition) is 3. The smallest absolute Gasteiger partial charge is 0.303 e. The first-order valence-corrected chi connectivity index (χ1v) is 11.5. The Hall–Kier alpha value is -2.04. The quantitative estimate of drug-likeness (QED) is 0.145. The van der Waals surface area contributed by atoms with E-state index >= 15 is 0 Å². The molecule has 0 bridgehead atoms. The van der Waals surface area contributed by atoms with Gasteiger partial charge < -0.3 is 34.7 Å². The summed E-state index contributed by atoms with van der Waals surface area (Å²) in [6, 6.07) is 0. The van der Waals surface area contributed by atoms with Gasteiger partial charge in [-0.1, -0.05) is 12.8 Å². The molecule has 0 rings (SSSR count). The summed E-state index contributed by atoms with van der Waals surface area (Å²) in [7, 11) is 0. The van der Waals surface area contributed by atoms with Crippen LogP contribution in [-0.2, 0) is 33.4 Å². The maximum Gasteiger partial charge on any atom is 0.303 e. The normalized spacial score (nSPS) is 10.6. The maximum atomic E-state index is 11.7. The predicted molar refractivity (Wildman–Crippen MR) is 118 cm³/mol. The minimum Gasteiger partial charge on any atom is -0.481 e. The Balaban J connectivity index is 3.20. The van der Waals surface area contributed by atoms with Gasteiger partial charge in [0.15, 0.2) is 0 Å². The lowest BCUT2D eigenvalue weighted by atomic mass is 10.1. The average molecular weight is 461 g/mol. The zero-order valence-electron chi connectivity index (χ0n) is 19.1. The van der Waals surface area contributed by atoms with Crippen LogP contribution in [-0.4, -0.2) is 81.9 Å². The van der Waals surface area contributed by atoms with Crippen LogP contribution in [0.2, 0.25) is 0 Å². The molecule has 0 fully saturated rings. The number of hydrogen-bond acceptors (Lipinski definition) is 7. The molecule has 0 saturated carbocycles. The average Bonchev–Trinajstić information content (AvgIpc) is 2.77. The number of aldehydes is 1. The number of carboxylic acids is 1. The molecule has 0 aromatic carbocycles. The molecule has 0 radical (unpaired) electrons. The van der Waals surface area contributed by atoms with Crippen molar-refractivity contribution >= 4 is 24.1 Å². The van der Waals surface area contributed by atoms with E-state index in [9.17, 15) is 19.2 Å². The van der Waals surface area contributed by atoms with Crippen LogP contribution in [0.5, 0.6) is 0 Å². The Morgan fingerprint density at radius 1 is 0.625 bits per heavy atom. The van der Waals surface area contributed by atoms with Crippen molar-refractivity contribution in [2.75, 3.05) is 52.7 Å². The van der Waals surface area contributed by atoms with Crippen molar-refractivity contribution in [1.29, 1.82) is 0 Å². The largest absolute Gasteiger partial charge is 0.481 e. The van der Waals surface area contributed by atoms with Crippen LogP contribution < -0.4 is 10.6 Å². The number of nitrogens with one attached hydrogen (secondary N) is 2. The number of unbranched alkanes of at least 4 members (excludes halogenated alkanes) is 3. The van der Waals surface area contributed by atoms with Crippen LogP contribution >= 0.6 is 0 Å². The minimum absolute atomic E-state index is 0.0202. The van der Waals surface area contributed by atoms with Crippen molar-refractivity contribution < 1.29 is 38.5 Å². The highest BCUT2D eigenvalue weighted by Crippen LogP contribution is 2.05. The van der Waals surface area contributed by atoms with Crippen molar-refractivity contribution in [3.05, 3.63) is 0 Å². The van der Waals surface area contributed by atoms with Gasteiger partial charge >= 0.3 is 5.97 Å². The van der Waals surface area contributed by atoms with Gasteiger partial charge in [-0.05, 0) is 25.7 Å². The molecule has 10 heteroatoms. The van der Waals surface area contributed by atoms with Crippen molar-refractivity contribution in [2.24, 2.45) is 0 Å². The second-order valence-corrected chi connectivity index (χ2v) is 7.26. The van der Waals surface area contributed by atoms with Crippen LogP contribution in [0, 0.1) is 0 Å². The monoisotopic (exact) mass is 460 g/mol. The fourth-order valence-electron chi connectivity index (χ4n) is 2.63. The van der Waals surface area contributed by atoms with E-state index in [0.717, 1.165) is 32.0 Å². The van der Waals surface area contributed by atoms with Gasteiger partial charge in [-0.25, -0.2) is 0 Å². The number of carboxylic acid groups (broad SMARTS) is 1. The molecule has 10 nitrogen and oxygen atoms in total. The topological polar surface area (TPSA) is 140 Å². The molecule has 32 heavy (non-hydrogen) atoms. The van der Waals surface area contributed by atoms with Gasteiger partial charge in [-0.3, -0.25) is 14.4 Å². The van der Waals surface area contributed by atoms with Crippen molar-refractivity contribution in [3.63, 3.8) is 0 Å². The van der Waals surface area contributed by atoms with E-state index in [1.807, 2.05) is 0 Å². The zero-order valence-corrected chi connectivity index (χ0v) is 19.1. The van der Waals surface area contributed by atoms with E-state index in [0.29, 0.717) is 72.0 Å². The van der Waals surface area contributed by atoms with Crippen LogP contribution in [0.1, 0.15) is 64.2 Å². The highest BCUT2D eigenvalue weighted by atomic mass is 16.5. The second-order valence-electron chi connectivity index (χ2n) is 7.26. The lowest BCUT2D eigenvalue weighted by Crippen LogP contribution is -2.25. The van der Waals surface area contributed by atoms with Crippen LogP contribution in [0.25, 0.3) is 0 Å². The number of carbonyl (C=O) groups excluding carboxylic acids is 3. The molecule has 0 aliphatic carbocycles. The van der Waals surface area contributed by atoms with E-state index in [4.69, 9.17) is 19.3 Å². The molecule has 0 unspecified atom stereocenters. The van der Waals surface area contributed by atoms with Gasteiger partial charge in [0, 0.05) is 52.0 Å². The second kappa shape index (κ2) is 23.6. The van der Waals surface area contributed by atoms with E-state index in [2.05, 4.69) is 10.6 Å². The Morgan fingerprint density at radius 2 is 1.09 bits per heavy atom. The van der Waals surface area contributed by atoms with E-state index in [-0.39, 0.29) is 31.1 Å². The van der Waals surface area contributed by atoms with Gasteiger partial charge in [0.25, 0.3) is 0 Å². The summed E-state index contributed by atoms with van der Waals surface area (Å²) < 4.78 is 16.2. The number of amides is 2. The standard InChI is InChI=1S/C22H40N2O8/c25-13-5-9-21(27)24-12-7-15-31-17-19-32-18-16-30-14-6-11-23-20(26)8-3-1-2-4-10-22(28)29/h13H,1-12,14-19H2,(H,23,26)(H,24,27)(H,28,29). The molecule has 0 saturated heterocycles. The zero-order chi connectivity index (χ0) is 23.7. The molecule has 0 aliphatic heterocycles. The summed E-state index contributed by atoms with van der Waals surface area (Å²) in [5.41, 5.74) is 0. The Kier molecular flexibility index (Phi) is 22.1. The van der Waals surface area contributed by atoms with E-state index in [1.165, 1.54) is 0 Å². The molecule has 0 spiro atoms. The van der Waals surface area contributed by atoms with Gasteiger partial charge in [-0.15, -0.1) is 0 Å². The molecule has 0 aromatic heterocycles. The Labute approximate surface area is 190 Å². The molecule has 0 heterocycles. The third kappa shape index (κ3) is 24.2. The molecular formula is C22H40N2O8. The summed E-state index contributed by atoms with van der Waals surface area (Å²) in [6.45, 7) is 4.09. The maximum absolute atomic E-state index is 11.7. The first-order valence-electron chi connectivity index (χ1n) is 11.5. The first-order chi connectivity index (χ1) is 15.6. The molecule has 0 aliphatic rings. The lowest BCUT2D eigenvalue weighted by Gasteiger charge is -2.08. The molecular weight excluding hydrogens is 420 g/mol. The third-order valence-electron chi connectivity index (χ3n) is 4.35.